The van der Waals surface area contributed by atoms with Crippen LogP contribution in [-0.2, 0) is 16.0 Å². The average Bonchev–Trinajstić information content (AvgIpc) is 3.14. The number of hydrogen-bond acceptors (Lipinski definition) is 5. The van der Waals surface area contributed by atoms with Crippen molar-refractivity contribution in [1.29, 1.82) is 0 Å². The van der Waals surface area contributed by atoms with E-state index in [-0.39, 0.29) is 11.8 Å². The molecule has 0 radical (unpaired) electrons. The Morgan fingerprint density at radius 1 is 1.42 bits per heavy atom. The number of carbonyl (C=O) groups excluding carboxylic acids is 2. The van der Waals surface area contributed by atoms with Gasteiger partial charge in [0.2, 0.25) is 11.0 Å². The molecule has 0 saturated carbocycles. The molecular weight excluding hydrogens is 326 g/mol. The molecule has 124 valence electrons. The molecule has 1 atom stereocenters. The zero-order valence-corrected chi connectivity index (χ0v) is 14.2. The van der Waals surface area contributed by atoms with Crippen LogP contribution >= 0.6 is 11.3 Å². The van der Waals surface area contributed by atoms with Crippen LogP contribution in [0.3, 0.4) is 0 Å². The number of aryl methyl sites for hydroxylation is 2. The van der Waals surface area contributed by atoms with E-state index in [1.165, 1.54) is 23.6 Å². The summed E-state index contributed by atoms with van der Waals surface area (Å²) in [5.74, 6) is -0.988. The molecule has 1 aliphatic rings. The van der Waals surface area contributed by atoms with Crippen molar-refractivity contribution in [2.45, 2.75) is 20.3 Å². The number of amides is 2. The molecular formula is C16H17N5O2S. The lowest BCUT2D eigenvalue weighted by molar-refractivity contribution is -0.121. The number of aliphatic imine (C=N–C) groups is 1. The van der Waals surface area contributed by atoms with E-state index in [2.05, 4.69) is 20.4 Å². The van der Waals surface area contributed by atoms with E-state index >= 15 is 0 Å². The molecule has 0 spiro atoms. The summed E-state index contributed by atoms with van der Waals surface area (Å²) in [6, 6.07) is 2.01. The first-order valence-electron chi connectivity index (χ1n) is 7.55. The summed E-state index contributed by atoms with van der Waals surface area (Å²) >= 11 is 1.52. The second kappa shape index (κ2) is 6.88. The minimum absolute atomic E-state index is 0.170. The number of thiazole rings is 1. The number of nitrogens with one attached hydrogen (secondary N) is 1. The number of aromatic nitrogens is 3. The first kappa shape index (κ1) is 16.3. The maximum absolute atomic E-state index is 12.0. The van der Waals surface area contributed by atoms with E-state index in [0.717, 1.165) is 22.2 Å². The van der Waals surface area contributed by atoms with E-state index in [0.29, 0.717) is 13.0 Å². The molecule has 0 bridgehead atoms. The van der Waals surface area contributed by atoms with Crippen molar-refractivity contribution in [2.24, 2.45) is 10.9 Å². The van der Waals surface area contributed by atoms with Gasteiger partial charge in [-0.2, -0.15) is 5.10 Å². The maximum Gasteiger partial charge on any atom is 0.269 e. The first-order valence-corrected chi connectivity index (χ1v) is 8.43. The van der Waals surface area contributed by atoms with E-state index in [4.69, 9.17) is 0 Å². The third kappa shape index (κ3) is 3.65. The van der Waals surface area contributed by atoms with Crippen molar-refractivity contribution in [2.75, 3.05) is 6.54 Å². The van der Waals surface area contributed by atoms with Gasteiger partial charge in [-0.3, -0.25) is 9.59 Å². The van der Waals surface area contributed by atoms with Crippen molar-refractivity contribution >= 4 is 29.4 Å². The van der Waals surface area contributed by atoms with Gasteiger partial charge in [0, 0.05) is 36.3 Å². The standard InChI is InChI=1S/C16H17N5O2S/c1-10-7-11(2)21(20-10)16-19-13(9-24-16)5-6-17-15(23)12-3-4-14(22)18-8-12/h3-4,7-9,12H,5-6H2,1-2H3,(H,17,23). The number of carbonyl (C=O) groups is 2. The third-order valence-corrected chi connectivity index (χ3v) is 4.39. The van der Waals surface area contributed by atoms with Gasteiger partial charge in [-0.25, -0.2) is 14.7 Å². The number of hydrogen-bond donors (Lipinski definition) is 1. The maximum atomic E-state index is 12.0. The minimum atomic E-state index is -0.483. The van der Waals surface area contributed by atoms with E-state index in [9.17, 15) is 9.59 Å². The Labute approximate surface area is 143 Å². The van der Waals surface area contributed by atoms with Crippen LogP contribution in [-0.4, -0.2) is 39.3 Å². The molecule has 1 unspecified atom stereocenters. The first-order chi connectivity index (χ1) is 11.5. The highest BCUT2D eigenvalue weighted by Crippen LogP contribution is 2.17. The summed E-state index contributed by atoms with van der Waals surface area (Å²) in [5, 5.41) is 10.0. The van der Waals surface area contributed by atoms with Crippen molar-refractivity contribution in [3.63, 3.8) is 0 Å². The Kier molecular flexibility index (Phi) is 4.66. The lowest BCUT2D eigenvalue weighted by atomic mass is 10.1. The summed E-state index contributed by atoms with van der Waals surface area (Å²) in [7, 11) is 0. The molecule has 0 aliphatic carbocycles. The van der Waals surface area contributed by atoms with E-state index in [1.54, 1.807) is 6.08 Å². The molecule has 2 amide bonds. The Balaban J connectivity index is 1.54. The summed E-state index contributed by atoms with van der Waals surface area (Å²) in [4.78, 5) is 31.1. The predicted octanol–water partition coefficient (Wildman–Crippen LogP) is 1.39. The fourth-order valence-corrected chi connectivity index (χ4v) is 3.22. The van der Waals surface area contributed by atoms with Crippen LogP contribution < -0.4 is 5.32 Å². The van der Waals surface area contributed by atoms with Crippen LogP contribution in [0.25, 0.3) is 5.13 Å². The van der Waals surface area contributed by atoms with Gasteiger partial charge in [0.05, 0.1) is 17.3 Å². The largest absolute Gasteiger partial charge is 0.355 e. The lowest BCUT2D eigenvalue weighted by Gasteiger charge is -2.10. The molecule has 2 aromatic rings. The molecule has 0 fully saturated rings. The van der Waals surface area contributed by atoms with E-state index in [1.807, 2.05) is 30.0 Å². The molecule has 1 N–H and O–H groups in total. The SMILES string of the molecule is Cc1cc(C)n(-c2nc(CCNC(=O)C3C=CC(=O)N=C3)cs2)n1. The lowest BCUT2D eigenvalue weighted by Crippen LogP contribution is -2.33. The normalized spacial score (nSPS) is 16.6. The van der Waals surface area contributed by atoms with Crippen LogP contribution in [0, 0.1) is 19.8 Å². The second-order valence-electron chi connectivity index (χ2n) is 5.50. The molecule has 1 aliphatic heterocycles. The highest BCUT2D eigenvalue weighted by molar-refractivity contribution is 7.12. The second-order valence-corrected chi connectivity index (χ2v) is 6.34. The van der Waals surface area contributed by atoms with Crippen LogP contribution in [0.4, 0.5) is 0 Å². The van der Waals surface area contributed by atoms with Crippen LogP contribution in [0.5, 0.6) is 0 Å². The predicted molar refractivity (Wildman–Crippen MR) is 91.6 cm³/mol. The fraction of sp³-hybridized carbons (Fsp3) is 0.312. The summed E-state index contributed by atoms with van der Waals surface area (Å²) < 4.78 is 1.82. The van der Waals surface area contributed by atoms with Crippen LogP contribution in [0.15, 0.2) is 28.6 Å². The molecule has 2 aromatic heterocycles. The molecule has 7 nitrogen and oxygen atoms in total. The number of rotatable bonds is 5. The Hall–Kier alpha value is -2.61. The average molecular weight is 343 g/mol. The zero-order valence-electron chi connectivity index (χ0n) is 13.4. The summed E-state index contributed by atoms with van der Waals surface area (Å²) in [6.45, 7) is 4.42. The van der Waals surface area contributed by atoms with Crippen LogP contribution in [0.1, 0.15) is 17.1 Å². The minimum Gasteiger partial charge on any atom is -0.355 e. The monoisotopic (exact) mass is 343 g/mol. The molecule has 3 heterocycles. The molecule has 3 rings (SSSR count). The smallest absolute Gasteiger partial charge is 0.269 e. The van der Waals surface area contributed by atoms with Gasteiger partial charge in [-0.05, 0) is 19.9 Å². The van der Waals surface area contributed by atoms with Gasteiger partial charge in [-0.15, -0.1) is 11.3 Å². The summed E-state index contributed by atoms with van der Waals surface area (Å²) in [6.07, 6.45) is 4.86. The Bertz CT molecular complexity index is 817. The number of dihydropyridines is 1. The quantitative estimate of drug-likeness (QED) is 0.888. The fourth-order valence-electron chi connectivity index (χ4n) is 2.35. The van der Waals surface area contributed by atoms with Gasteiger partial charge in [0.25, 0.3) is 5.91 Å². The van der Waals surface area contributed by atoms with Crippen molar-refractivity contribution in [3.8, 4) is 5.13 Å². The molecule has 8 heteroatoms. The van der Waals surface area contributed by atoms with Gasteiger partial charge in [0.15, 0.2) is 0 Å². The van der Waals surface area contributed by atoms with Gasteiger partial charge in [0.1, 0.15) is 0 Å². The molecule has 24 heavy (non-hydrogen) atoms. The van der Waals surface area contributed by atoms with Crippen molar-refractivity contribution in [1.82, 2.24) is 20.1 Å². The number of nitrogens with zero attached hydrogens (tertiary/aromatic N) is 4. The van der Waals surface area contributed by atoms with Gasteiger partial charge in [-0.1, -0.05) is 6.08 Å². The zero-order chi connectivity index (χ0) is 17.1. The summed E-state index contributed by atoms with van der Waals surface area (Å²) in [5.41, 5.74) is 2.91. The van der Waals surface area contributed by atoms with Crippen molar-refractivity contribution in [3.05, 3.63) is 40.7 Å². The topological polar surface area (TPSA) is 89.2 Å². The van der Waals surface area contributed by atoms with Gasteiger partial charge < -0.3 is 5.32 Å². The van der Waals surface area contributed by atoms with Crippen molar-refractivity contribution < 1.29 is 9.59 Å². The highest BCUT2D eigenvalue weighted by Gasteiger charge is 2.16. The van der Waals surface area contributed by atoms with E-state index < -0.39 is 5.92 Å². The van der Waals surface area contributed by atoms with Gasteiger partial charge >= 0.3 is 0 Å². The molecule has 0 saturated heterocycles. The Morgan fingerprint density at radius 3 is 2.92 bits per heavy atom. The van der Waals surface area contributed by atoms with Crippen LogP contribution in [0.2, 0.25) is 0 Å². The third-order valence-electron chi connectivity index (χ3n) is 3.52. The highest BCUT2D eigenvalue weighted by atomic mass is 32.1. The molecule has 0 aromatic carbocycles. The Morgan fingerprint density at radius 2 is 2.25 bits per heavy atom.